The number of para-hydroxylation sites is 1. The smallest absolute Gasteiger partial charge is 0.250 e. The topological polar surface area (TPSA) is 47.4 Å². The van der Waals surface area contributed by atoms with Gasteiger partial charge in [0.25, 0.3) is 5.91 Å². The molecule has 0 spiro atoms. The molecule has 0 aliphatic heterocycles. The molecule has 1 heterocycles. The molecule has 0 atom stereocenters. The maximum Gasteiger partial charge on any atom is 0.250 e. The number of anilines is 1. The van der Waals surface area contributed by atoms with Gasteiger partial charge in [-0.2, -0.15) is 5.10 Å². The molecule has 0 N–H and O–H groups in total. The zero-order chi connectivity index (χ0) is 17.6. The van der Waals surface area contributed by atoms with Gasteiger partial charge >= 0.3 is 0 Å². The van der Waals surface area contributed by atoms with Crippen LogP contribution in [0, 0.1) is 0 Å². The van der Waals surface area contributed by atoms with Crippen molar-refractivity contribution in [3.05, 3.63) is 78.6 Å². The van der Waals surface area contributed by atoms with Gasteiger partial charge in [-0.3, -0.25) is 9.48 Å². The summed E-state index contributed by atoms with van der Waals surface area (Å²) in [6, 6.07) is 17.0. The zero-order valence-electron chi connectivity index (χ0n) is 14.2. The predicted octanol–water partition coefficient (Wildman–Crippen LogP) is 3.89. The first-order valence-electron chi connectivity index (χ1n) is 7.89. The quantitative estimate of drug-likeness (QED) is 0.666. The van der Waals surface area contributed by atoms with Gasteiger partial charge in [0.05, 0.1) is 6.20 Å². The van der Waals surface area contributed by atoms with E-state index in [1.54, 1.807) is 28.9 Å². The minimum absolute atomic E-state index is 0.111. The normalized spacial score (nSPS) is 10.8. The Morgan fingerprint density at radius 2 is 1.76 bits per heavy atom. The van der Waals surface area contributed by atoms with Crippen molar-refractivity contribution in [2.24, 2.45) is 7.05 Å². The van der Waals surface area contributed by atoms with Crippen LogP contribution in [0.5, 0.6) is 11.5 Å². The molecule has 0 saturated heterocycles. The maximum atomic E-state index is 12.3. The number of carbonyl (C=O) groups is 1. The Morgan fingerprint density at radius 3 is 2.40 bits per heavy atom. The van der Waals surface area contributed by atoms with Crippen LogP contribution in [0.2, 0.25) is 0 Å². The Balaban J connectivity index is 1.64. The lowest BCUT2D eigenvalue weighted by atomic mass is 10.2. The second-order valence-electron chi connectivity index (χ2n) is 5.59. The van der Waals surface area contributed by atoms with E-state index in [1.165, 1.54) is 6.08 Å². The van der Waals surface area contributed by atoms with Crippen LogP contribution >= 0.6 is 0 Å². The Hall–Kier alpha value is -3.34. The molecule has 0 radical (unpaired) electrons. The number of rotatable bonds is 5. The molecule has 1 amide bonds. The Morgan fingerprint density at radius 1 is 1.08 bits per heavy atom. The lowest BCUT2D eigenvalue weighted by molar-refractivity contribution is -0.113. The molecule has 1 aromatic heterocycles. The van der Waals surface area contributed by atoms with Crippen LogP contribution < -0.4 is 9.64 Å². The SMILES string of the molecule is CN(C(=O)/C=C/c1cnn(C)c1)c1ccc(Oc2ccccc2)cc1. The molecule has 0 aliphatic rings. The van der Waals surface area contributed by atoms with E-state index in [9.17, 15) is 4.79 Å². The van der Waals surface area contributed by atoms with Crippen molar-refractivity contribution in [2.75, 3.05) is 11.9 Å². The lowest BCUT2D eigenvalue weighted by Gasteiger charge is -2.15. The van der Waals surface area contributed by atoms with Gasteiger partial charge in [0.2, 0.25) is 0 Å². The Bertz CT molecular complexity index is 867. The average molecular weight is 333 g/mol. The first kappa shape index (κ1) is 16.5. The molecule has 0 bridgehead atoms. The van der Waals surface area contributed by atoms with Crippen molar-refractivity contribution in [3.63, 3.8) is 0 Å². The van der Waals surface area contributed by atoms with Gasteiger partial charge < -0.3 is 9.64 Å². The van der Waals surface area contributed by atoms with Crippen molar-refractivity contribution in [2.45, 2.75) is 0 Å². The summed E-state index contributed by atoms with van der Waals surface area (Å²) in [5.74, 6) is 1.39. The van der Waals surface area contributed by atoms with Crippen LogP contribution in [0.15, 0.2) is 73.1 Å². The van der Waals surface area contributed by atoms with Crippen molar-refractivity contribution in [3.8, 4) is 11.5 Å². The van der Waals surface area contributed by atoms with E-state index in [0.29, 0.717) is 0 Å². The molecule has 25 heavy (non-hydrogen) atoms. The van der Waals surface area contributed by atoms with Crippen LogP contribution in [0.4, 0.5) is 5.69 Å². The minimum Gasteiger partial charge on any atom is -0.457 e. The number of ether oxygens (including phenoxy) is 1. The summed E-state index contributed by atoms with van der Waals surface area (Å²) < 4.78 is 7.45. The van der Waals surface area contributed by atoms with E-state index in [2.05, 4.69) is 5.10 Å². The Kier molecular flexibility index (Phi) is 4.95. The summed E-state index contributed by atoms with van der Waals surface area (Å²) in [6.45, 7) is 0. The second-order valence-corrected chi connectivity index (χ2v) is 5.59. The number of carbonyl (C=O) groups excluding carboxylic acids is 1. The fourth-order valence-electron chi connectivity index (χ4n) is 2.30. The summed E-state index contributed by atoms with van der Waals surface area (Å²) in [5, 5.41) is 4.07. The first-order valence-corrected chi connectivity index (χ1v) is 7.89. The van der Waals surface area contributed by atoms with Crippen molar-refractivity contribution in [1.29, 1.82) is 0 Å². The van der Waals surface area contributed by atoms with Crippen LogP contribution in [0.3, 0.4) is 0 Å². The van der Waals surface area contributed by atoms with Gasteiger partial charge in [0.15, 0.2) is 0 Å². The third-order valence-corrected chi connectivity index (χ3v) is 3.68. The zero-order valence-corrected chi connectivity index (χ0v) is 14.2. The fraction of sp³-hybridized carbons (Fsp3) is 0.100. The average Bonchev–Trinajstić information content (AvgIpc) is 3.06. The molecule has 3 rings (SSSR count). The van der Waals surface area contributed by atoms with Gasteiger partial charge in [-0.25, -0.2) is 0 Å². The number of amides is 1. The summed E-state index contributed by atoms with van der Waals surface area (Å²) >= 11 is 0. The highest BCUT2D eigenvalue weighted by atomic mass is 16.5. The molecule has 0 fully saturated rings. The lowest BCUT2D eigenvalue weighted by Crippen LogP contribution is -2.23. The van der Waals surface area contributed by atoms with Gasteiger partial charge in [-0.15, -0.1) is 0 Å². The van der Waals surface area contributed by atoms with Gasteiger partial charge in [-0.1, -0.05) is 18.2 Å². The Labute approximate surface area is 146 Å². The molecule has 0 aliphatic carbocycles. The van der Waals surface area contributed by atoms with E-state index in [4.69, 9.17) is 4.74 Å². The highest BCUT2D eigenvalue weighted by molar-refractivity contribution is 6.03. The summed E-state index contributed by atoms with van der Waals surface area (Å²) in [6.07, 6.45) is 6.84. The number of aryl methyl sites for hydroxylation is 1. The molecule has 0 saturated carbocycles. The minimum atomic E-state index is -0.111. The number of hydrogen-bond acceptors (Lipinski definition) is 3. The van der Waals surface area contributed by atoms with Crippen LogP contribution in [-0.4, -0.2) is 22.7 Å². The molecule has 0 unspecified atom stereocenters. The maximum absolute atomic E-state index is 12.3. The van der Waals surface area contributed by atoms with Crippen LogP contribution in [-0.2, 0) is 11.8 Å². The van der Waals surface area contributed by atoms with E-state index < -0.39 is 0 Å². The molecule has 126 valence electrons. The monoisotopic (exact) mass is 333 g/mol. The molecule has 5 heteroatoms. The predicted molar refractivity (Wildman–Crippen MR) is 98.6 cm³/mol. The van der Waals surface area contributed by atoms with E-state index >= 15 is 0 Å². The molecule has 5 nitrogen and oxygen atoms in total. The number of likely N-dealkylation sites (N-methyl/N-ethyl adjacent to an activating group) is 1. The fourth-order valence-corrected chi connectivity index (χ4v) is 2.30. The molecular formula is C20H19N3O2. The van der Waals surface area contributed by atoms with Gasteiger partial charge in [0, 0.05) is 37.6 Å². The van der Waals surface area contributed by atoms with E-state index in [1.807, 2.05) is 67.8 Å². The van der Waals surface area contributed by atoms with Gasteiger partial charge in [-0.05, 0) is 42.5 Å². The van der Waals surface area contributed by atoms with Crippen molar-refractivity contribution >= 4 is 17.7 Å². The highest BCUT2D eigenvalue weighted by Gasteiger charge is 2.08. The number of hydrogen-bond donors (Lipinski definition) is 0. The standard InChI is InChI=1S/C20H19N3O2/c1-22-15-16(14-21-22)8-13-20(24)23(2)17-9-11-19(12-10-17)25-18-6-4-3-5-7-18/h3-15H,1-2H3/b13-8+. The van der Waals surface area contributed by atoms with Crippen molar-refractivity contribution in [1.82, 2.24) is 9.78 Å². The third-order valence-electron chi connectivity index (χ3n) is 3.68. The van der Waals surface area contributed by atoms with Crippen molar-refractivity contribution < 1.29 is 9.53 Å². The summed E-state index contributed by atoms with van der Waals surface area (Å²) in [4.78, 5) is 13.9. The van der Waals surface area contributed by atoms with Crippen LogP contribution in [0.1, 0.15) is 5.56 Å². The number of aromatic nitrogens is 2. The number of benzene rings is 2. The molecular weight excluding hydrogens is 314 g/mol. The highest BCUT2D eigenvalue weighted by Crippen LogP contribution is 2.24. The van der Waals surface area contributed by atoms with Crippen LogP contribution in [0.25, 0.3) is 6.08 Å². The van der Waals surface area contributed by atoms with E-state index in [0.717, 1.165) is 22.7 Å². The largest absolute Gasteiger partial charge is 0.457 e. The first-order chi connectivity index (χ1) is 12.1. The van der Waals surface area contributed by atoms with Gasteiger partial charge in [0.1, 0.15) is 11.5 Å². The molecule has 3 aromatic rings. The van der Waals surface area contributed by atoms with E-state index in [-0.39, 0.29) is 5.91 Å². The molecule has 2 aromatic carbocycles. The second kappa shape index (κ2) is 7.49. The summed E-state index contributed by atoms with van der Waals surface area (Å²) in [7, 11) is 3.58. The summed E-state index contributed by atoms with van der Waals surface area (Å²) in [5.41, 5.74) is 1.68. The number of nitrogens with zero attached hydrogens (tertiary/aromatic N) is 3. The third kappa shape index (κ3) is 4.35.